The molecule has 0 saturated heterocycles. The summed E-state index contributed by atoms with van der Waals surface area (Å²) in [5.74, 6) is 1.54. The number of rotatable bonds is 8. The molecule has 22 heavy (non-hydrogen) atoms. The number of guanidine groups is 1. The number of hydrogen-bond acceptors (Lipinski definition) is 3. The van der Waals surface area contributed by atoms with Gasteiger partial charge in [0, 0.05) is 26.6 Å². The summed E-state index contributed by atoms with van der Waals surface area (Å²) in [4.78, 5) is 16.3. The first-order chi connectivity index (χ1) is 10.5. The second kappa shape index (κ2) is 8.92. The van der Waals surface area contributed by atoms with Crippen LogP contribution in [0.1, 0.15) is 19.6 Å². The van der Waals surface area contributed by atoms with Gasteiger partial charge in [0.2, 0.25) is 5.91 Å². The summed E-state index contributed by atoms with van der Waals surface area (Å²) < 4.78 is 5.29. The lowest BCUT2D eigenvalue weighted by atomic mass is 9.93. The molecular weight excluding hydrogens is 280 g/mol. The number of carbonyl (C=O) groups is 1. The van der Waals surface area contributed by atoms with Crippen LogP contribution in [0.4, 0.5) is 0 Å². The highest BCUT2D eigenvalue weighted by Gasteiger charge is 2.26. The molecule has 1 aromatic rings. The number of amides is 1. The zero-order valence-corrected chi connectivity index (χ0v) is 13.6. The van der Waals surface area contributed by atoms with Crippen LogP contribution in [0.25, 0.3) is 0 Å². The summed E-state index contributed by atoms with van der Waals surface area (Å²) >= 11 is 0. The van der Waals surface area contributed by atoms with E-state index in [9.17, 15) is 4.79 Å². The van der Waals surface area contributed by atoms with Gasteiger partial charge in [0.1, 0.15) is 5.76 Å². The Balaban J connectivity index is 2.56. The van der Waals surface area contributed by atoms with Crippen molar-refractivity contribution in [2.75, 3.05) is 26.7 Å². The van der Waals surface area contributed by atoms with Gasteiger partial charge < -0.3 is 20.4 Å². The third-order valence-electron chi connectivity index (χ3n) is 3.13. The van der Waals surface area contributed by atoms with Gasteiger partial charge in [-0.2, -0.15) is 0 Å². The van der Waals surface area contributed by atoms with Gasteiger partial charge in [0.15, 0.2) is 5.96 Å². The molecule has 0 aromatic carbocycles. The smallest absolute Gasteiger partial charge is 0.227 e. The number of nitrogens with zero attached hydrogens (tertiary/aromatic N) is 1. The average Bonchev–Trinajstić information content (AvgIpc) is 3.01. The van der Waals surface area contributed by atoms with Crippen LogP contribution >= 0.6 is 0 Å². The highest BCUT2D eigenvalue weighted by molar-refractivity contribution is 5.83. The average molecular weight is 306 g/mol. The summed E-state index contributed by atoms with van der Waals surface area (Å²) in [6.45, 7) is 9.09. The number of aliphatic imine (C=N–C) groups is 1. The molecule has 0 aliphatic rings. The second-order valence-corrected chi connectivity index (χ2v) is 5.55. The molecule has 1 aromatic heterocycles. The molecule has 6 nitrogen and oxygen atoms in total. The molecule has 0 spiro atoms. The number of carbonyl (C=O) groups excluding carboxylic acids is 1. The molecule has 0 aliphatic carbocycles. The molecule has 122 valence electrons. The van der Waals surface area contributed by atoms with E-state index < -0.39 is 5.41 Å². The first-order valence-electron chi connectivity index (χ1n) is 7.37. The van der Waals surface area contributed by atoms with Gasteiger partial charge in [0.25, 0.3) is 0 Å². The number of hydrogen-bond donors (Lipinski definition) is 3. The van der Waals surface area contributed by atoms with Gasteiger partial charge in [-0.25, -0.2) is 0 Å². The van der Waals surface area contributed by atoms with Crippen LogP contribution in [0, 0.1) is 5.41 Å². The molecule has 3 N–H and O–H groups in total. The highest BCUT2D eigenvalue weighted by Crippen LogP contribution is 2.15. The van der Waals surface area contributed by atoms with E-state index >= 15 is 0 Å². The maximum atomic E-state index is 11.8. The molecule has 1 heterocycles. The van der Waals surface area contributed by atoms with Crippen LogP contribution in [0.3, 0.4) is 0 Å². The van der Waals surface area contributed by atoms with E-state index in [0.717, 1.165) is 12.2 Å². The second-order valence-electron chi connectivity index (χ2n) is 5.55. The first-order valence-corrected chi connectivity index (χ1v) is 7.37. The Bertz CT molecular complexity index is 492. The van der Waals surface area contributed by atoms with Crippen LogP contribution in [0.5, 0.6) is 0 Å². The van der Waals surface area contributed by atoms with Gasteiger partial charge in [-0.15, -0.1) is 6.58 Å². The summed E-state index contributed by atoms with van der Waals surface area (Å²) in [5.41, 5.74) is -0.557. The lowest BCUT2D eigenvalue weighted by molar-refractivity contribution is -0.128. The Labute approximate surface area is 132 Å². The molecule has 0 bridgehead atoms. The van der Waals surface area contributed by atoms with Gasteiger partial charge in [-0.3, -0.25) is 9.79 Å². The fraction of sp³-hybridized carbons (Fsp3) is 0.500. The summed E-state index contributed by atoms with van der Waals surface area (Å²) in [7, 11) is 1.63. The Kier molecular flexibility index (Phi) is 7.22. The maximum absolute atomic E-state index is 11.8. The zero-order chi connectivity index (χ0) is 16.4. The first kappa shape index (κ1) is 17.8. The number of furan rings is 1. The van der Waals surface area contributed by atoms with Gasteiger partial charge in [-0.05, 0) is 26.0 Å². The summed E-state index contributed by atoms with van der Waals surface area (Å²) in [5, 5.41) is 9.02. The molecule has 6 heteroatoms. The van der Waals surface area contributed by atoms with Crippen LogP contribution in [-0.4, -0.2) is 38.5 Å². The van der Waals surface area contributed by atoms with Crippen molar-refractivity contribution in [2.45, 2.75) is 20.3 Å². The minimum absolute atomic E-state index is 0.0325. The fourth-order valence-electron chi connectivity index (χ4n) is 1.79. The van der Waals surface area contributed by atoms with Crippen molar-refractivity contribution in [3.05, 3.63) is 36.8 Å². The largest absolute Gasteiger partial charge is 0.469 e. The minimum Gasteiger partial charge on any atom is -0.469 e. The SMILES string of the molecule is C=CCNC(=NCC(C)(C)C(=O)NC)NCCc1ccco1. The van der Waals surface area contributed by atoms with E-state index in [1.807, 2.05) is 26.0 Å². The van der Waals surface area contributed by atoms with Gasteiger partial charge in [-0.1, -0.05) is 6.08 Å². The molecule has 1 rings (SSSR count). The summed E-state index contributed by atoms with van der Waals surface area (Å²) in [6.07, 6.45) is 4.18. The van der Waals surface area contributed by atoms with Crippen LogP contribution in [0.2, 0.25) is 0 Å². The van der Waals surface area contributed by atoms with Crippen LogP contribution in [-0.2, 0) is 11.2 Å². The van der Waals surface area contributed by atoms with Crippen molar-refractivity contribution in [1.29, 1.82) is 0 Å². The van der Waals surface area contributed by atoms with Crippen molar-refractivity contribution < 1.29 is 9.21 Å². The summed E-state index contributed by atoms with van der Waals surface area (Å²) in [6, 6.07) is 3.80. The van der Waals surface area contributed by atoms with Crippen molar-refractivity contribution in [1.82, 2.24) is 16.0 Å². The zero-order valence-electron chi connectivity index (χ0n) is 13.6. The Morgan fingerprint density at radius 1 is 1.45 bits per heavy atom. The van der Waals surface area contributed by atoms with Gasteiger partial charge >= 0.3 is 0 Å². The Hall–Kier alpha value is -2.24. The predicted octanol–water partition coefficient (Wildman–Crippen LogP) is 1.32. The standard InChI is InChI=1S/C16H26N4O2/c1-5-9-18-15(19-10-8-13-7-6-11-22-13)20-12-16(2,3)14(21)17-4/h5-7,11H,1,8-10,12H2,2-4H3,(H,17,21)(H2,18,19,20). The lowest BCUT2D eigenvalue weighted by Crippen LogP contribution is -2.41. The minimum atomic E-state index is -0.557. The highest BCUT2D eigenvalue weighted by atomic mass is 16.3. The van der Waals surface area contributed by atoms with Crippen molar-refractivity contribution in [2.24, 2.45) is 10.4 Å². The fourth-order valence-corrected chi connectivity index (χ4v) is 1.79. The van der Waals surface area contributed by atoms with Crippen molar-refractivity contribution >= 4 is 11.9 Å². The Morgan fingerprint density at radius 2 is 2.23 bits per heavy atom. The molecule has 0 unspecified atom stereocenters. The van der Waals surface area contributed by atoms with E-state index in [1.165, 1.54) is 0 Å². The molecular formula is C16H26N4O2. The van der Waals surface area contributed by atoms with E-state index in [1.54, 1.807) is 19.4 Å². The molecule has 0 radical (unpaired) electrons. The van der Waals surface area contributed by atoms with Crippen LogP contribution < -0.4 is 16.0 Å². The topological polar surface area (TPSA) is 78.7 Å². The third kappa shape index (κ3) is 6.03. The van der Waals surface area contributed by atoms with Crippen molar-refractivity contribution in [3.8, 4) is 0 Å². The van der Waals surface area contributed by atoms with Gasteiger partial charge in [0.05, 0.1) is 18.2 Å². The van der Waals surface area contributed by atoms with E-state index in [2.05, 4.69) is 27.5 Å². The normalized spacial score (nSPS) is 11.9. The van der Waals surface area contributed by atoms with Crippen LogP contribution in [0.15, 0.2) is 40.5 Å². The molecule has 0 saturated carbocycles. The third-order valence-corrected chi connectivity index (χ3v) is 3.13. The van der Waals surface area contributed by atoms with Crippen molar-refractivity contribution in [3.63, 3.8) is 0 Å². The molecule has 0 aliphatic heterocycles. The molecule has 1 amide bonds. The van der Waals surface area contributed by atoms with E-state index in [-0.39, 0.29) is 5.91 Å². The monoisotopic (exact) mass is 306 g/mol. The molecule has 0 atom stereocenters. The van der Waals surface area contributed by atoms with E-state index in [4.69, 9.17) is 4.42 Å². The predicted molar refractivity (Wildman–Crippen MR) is 88.8 cm³/mol. The number of nitrogens with one attached hydrogen (secondary N) is 3. The Morgan fingerprint density at radius 3 is 2.82 bits per heavy atom. The lowest BCUT2D eigenvalue weighted by Gasteiger charge is -2.21. The maximum Gasteiger partial charge on any atom is 0.227 e. The molecule has 0 fully saturated rings. The van der Waals surface area contributed by atoms with E-state index in [0.29, 0.717) is 25.6 Å². The quantitative estimate of drug-likeness (QED) is 0.384.